The van der Waals surface area contributed by atoms with Crippen LogP contribution in [-0.4, -0.2) is 7.05 Å². The van der Waals surface area contributed by atoms with Crippen molar-refractivity contribution in [2.75, 3.05) is 11.9 Å². The van der Waals surface area contributed by atoms with E-state index in [9.17, 15) is 0 Å². The summed E-state index contributed by atoms with van der Waals surface area (Å²) in [5.74, 6) is 1.34. The number of benzene rings is 6. The molecule has 1 saturated carbocycles. The summed E-state index contributed by atoms with van der Waals surface area (Å²) in [5.41, 5.74) is 21.1. The molecular weight excluding hydrogens is 687 g/mol. The molecule has 4 unspecified atom stereocenters. The standard InChI is InChI=1S/C54H43N.C2H6/c1-53(2)47-21-11-9-19-44(47)51-39-15-6-4-5-14-35(39)30-46(52(51)53)42-18-10-12-23-49(42)55(3)38-27-25-33-28-36(26-24-34(33)29-38)54-32-37(54)31-45-41-17-8-7-16-40(41)43-20-13-22-48(54)50(43)45;1-2/h4-14,16-31,35,37,39H,15,32H2,1-3H3;1-2H3. The third-order valence-corrected chi connectivity index (χ3v) is 14.2. The molecule has 6 aliphatic carbocycles. The SMILES string of the molecule is CC.CN(c1ccc2cc(C34CC3C=C3c5ccccc5-c5cccc4c53)ccc2c1)c1ccccc1C1=CC2C=CC=CCC2C2=C1C(C)(C)c1ccccc12. The average molecular weight is 736 g/mol. The van der Waals surface area contributed by atoms with Crippen LogP contribution in [0, 0.1) is 17.8 Å². The normalized spacial score (nSPS) is 23.4. The van der Waals surface area contributed by atoms with Crippen molar-refractivity contribution < 1.29 is 0 Å². The molecule has 1 fully saturated rings. The lowest BCUT2D eigenvalue weighted by atomic mass is 9.69. The minimum absolute atomic E-state index is 0.0655. The Balaban J connectivity index is 0.00000184. The summed E-state index contributed by atoms with van der Waals surface area (Å²) in [5, 5.41) is 2.59. The van der Waals surface area contributed by atoms with Crippen molar-refractivity contribution >= 4 is 38.9 Å². The van der Waals surface area contributed by atoms with Crippen LogP contribution in [0.25, 0.3) is 38.6 Å². The number of fused-ring (bicyclic) bond motifs is 10. The lowest BCUT2D eigenvalue weighted by Crippen LogP contribution is -2.24. The van der Waals surface area contributed by atoms with Gasteiger partial charge in [-0.15, -0.1) is 0 Å². The molecule has 6 aliphatic rings. The molecule has 0 aromatic heterocycles. The zero-order chi connectivity index (χ0) is 38.6. The second-order valence-corrected chi connectivity index (χ2v) is 17.2. The van der Waals surface area contributed by atoms with Crippen LogP contribution in [0.15, 0.2) is 169 Å². The zero-order valence-electron chi connectivity index (χ0n) is 33.7. The van der Waals surface area contributed by atoms with Gasteiger partial charge in [-0.1, -0.05) is 173 Å². The van der Waals surface area contributed by atoms with E-state index < -0.39 is 0 Å². The Labute approximate surface area is 338 Å². The molecule has 6 aromatic carbocycles. The Morgan fingerprint density at radius 1 is 0.614 bits per heavy atom. The van der Waals surface area contributed by atoms with Gasteiger partial charge in [0, 0.05) is 40.7 Å². The fourth-order valence-corrected chi connectivity index (χ4v) is 11.5. The second kappa shape index (κ2) is 12.5. The Morgan fingerprint density at radius 2 is 1.32 bits per heavy atom. The van der Waals surface area contributed by atoms with Crippen molar-refractivity contribution in [3.63, 3.8) is 0 Å². The maximum absolute atomic E-state index is 2.59. The molecule has 6 aromatic rings. The Hall–Kier alpha value is -5.92. The highest BCUT2D eigenvalue weighted by atomic mass is 15.1. The van der Waals surface area contributed by atoms with Crippen molar-refractivity contribution in [1.82, 2.24) is 0 Å². The van der Waals surface area contributed by atoms with Crippen LogP contribution in [0.1, 0.15) is 79.5 Å². The van der Waals surface area contributed by atoms with Crippen molar-refractivity contribution in [2.24, 2.45) is 17.8 Å². The van der Waals surface area contributed by atoms with E-state index in [1.165, 1.54) is 95.4 Å². The van der Waals surface area contributed by atoms with Gasteiger partial charge in [0.2, 0.25) is 0 Å². The summed E-state index contributed by atoms with van der Waals surface area (Å²) < 4.78 is 0. The molecular formula is C56H49N. The van der Waals surface area contributed by atoms with Gasteiger partial charge in [-0.25, -0.2) is 0 Å². The van der Waals surface area contributed by atoms with Crippen molar-refractivity contribution in [2.45, 2.75) is 51.4 Å². The first kappa shape index (κ1) is 34.3. The predicted octanol–water partition coefficient (Wildman–Crippen LogP) is 14.3. The van der Waals surface area contributed by atoms with Gasteiger partial charge in [0.05, 0.1) is 0 Å². The van der Waals surface area contributed by atoms with Gasteiger partial charge in [-0.2, -0.15) is 0 Å². The highest BCUT2D eigenvalue weighted by molar-refractivity contribution is 6.05. The summed E-state index contributed by atoms with van der Waals surface area (Å²) in [6.45, 7) is 8.87. The predicted molar refractivity (Wildman–Crippen MR) is 242 cm³/mol. The Kier molecular flexibility index (Phi) is 7.55. The lowest BCUT2D eigenvalue weighted by Gasteiger charge is -2.36. The number of anilines is 2. The maximum atomic E-state index is 2.59. The van der Waals surface area contributed by atoms with E-state index in [1.807, 2.05) is 13.8 Å². The minimum Gasteiger partial charge on any atom is -0.344 e. The molecule has 0 aliphatic heterocycles. The number of nitrogens with zero attached hydrogens (tertiary/aromatic N) is 1. The summed E-state index contributed by atoms with van der Waals surface area (Å²) >= 11 is 0. The Morgan fingerprint density at radius 3 is 2.18 bits per heavy atom. The summed E-state index contributed by atoms with van der Waals surface area (Å²) in [6, 6.07) is 48.6. The summed E-state index contributed by atoms with van der Waals surface area (Å²) in [7, 11) is 2.24. The number of para-hydroxylation sites is 1. The van der Waals surface area contributed by atoms with E-state index in [-0.39, 0.29) is 10.8 Å². The van der Waals surface area contributed by atoms with Gasteiger partial charge in [-0.3, -0.25) is 0 Å². The lowest BCUT2D eigenvalue weighted by molar-refractivity contribution is 0.570. The molecule has 0 radical (unpaired) electrons. The first-order valence-corrected chi connectivity index (χ1v) is 21.2. The topological polar surface area (TPSA) is 3.24 Å². The molecule has 57 heavy (non-hydrogen) atoms. The fourth-order valence-electron chi connectivity index (χ4n) is 11.5. The van der Waals surface area contributed by atoms with Crippen LogP contribution in [0.2, 0.25) is 0 Å². The van der Waals surface area contributed by atoms with Crippen molar-refractivity contribution in [3.05, 3.63) is 208 Å². The monoisotopic (exact) mass is 735 g/mol. The van der Waals surface area contributed by atoms with Crippen LogP contribution in [0.4, 0.5) is 11.4 Å². The van der Waals surface area contributed by atoms with E-state index >= 15 is 0 Å². The van der Waals surface area contributed by atoms with E-state index in [1.54, 1.807) is 5.57 Å². The number of allylic oxidation sites excluding steroid dienone is 9. The first-order valence-electron chi connectivity index (χ1n) is 21.2. The molecule has 0 bridgehead atoms. The molecule has 0 N–H and O–H groups in total. The molecule has 0 heterocycles. The molecule has 1 nitrogen and oxygen atoms in total. The smallest absolute Gasteiger partial charge is 0.0487 e. The van der Waals surface area contributed by atoms with Gasteiger partial charge >= 0.3 is 0 Å². The molecule has 0 spiro atoms. The van der Waals surface area contributed by atoms with Gasteiger partial charge in [-0.05, 0) is 120 Å². The van der Waals surface area contributed by atoms with Crippen LogP contribution >= 0.6 is 0 Å². The highest BCUT2D eigenvalue weighted by Gasteiger charge is 2.59. The van der Waals surface area contributed by atoms with E-state index in [2.05, 4.69) is 190 Å². The quantitative estimate of drug-likeness (QED) is 0.174. The van der Waals surface area contributed by atoms with Gasteiger partial charge in [0.25, 0.3) is 0 Å². The maximum Gasteiger partial charge on any atom is 0.0487 e. The minimum atomic E-state index is -0.0889. The van der Waals surface area contributed by atoms with Crippen molar-refractivity contribution in [3.8, 4) is 11.1 Å². The highest BCUT2D eigenvalue weighted by Crippen LogP contribution is 2.67. The third-order valence-electron chi connectivity index (χ3n) is 14.2. The molecule has 12 rings (SSSR count). The zero-order valence-corrected chi connectivity index (χ0v) is 33.7. The fraction of sp³-hybridized carbons (Fsp3) is 0.214. The molecule has 0 amide bonds. The number of hydrogen-bond acceptors (Lipinski definition) is 1. The first-order chi connectivity index (χ1) is 27.9. The van der Waals surface area contributed by atoms with Gasteiger partial charge in [0.1, 0.15) is 0 Å². The van der Waals surface area contributed by atoms with Crippen LogP contribution in [-0.2, 0) is 10.8 Å². The molecule has 4 atom stereocenters. The van der Waals surface area contributed by atoms with Gasteiger partial charge in [0.15, 0.2) is 0 Å². The summed E-state index contributed by atoms with van der Waals surface area (Å²) in [6.07, 6.45) is 16.7. The molecule has 0 saturated heterocycles. The largest absolute Gasteiger partial charge is 0.344 e. The Bertz CT molecular complexity index is 2830. The second-order valence-electron chi connectivity index (χ2n) is 17.2. The van der Waals surface area contributed by atoms with E-state index in [0.717, 1.165) is 6.42 Å². The van der Waals surface area contributed by atoms with E-state index in [0.29, 0.717) is 17.8 Å². The number of rotatable bonds is 4. The molecule has 1 heteroatoms. The third kappa shape index (κ3) is 4.75. The summed E-state index contributed by atoms with van der Waals surface area (Å²) in [4.78, 5) is 2.41. The van der Waals surface area contributed by atoms with Gasteiger partial charge < -0.3 is 4.90 Å². The average Bonchev–Trinajstić information content (AvgIpc) is 3.93. The van der Waals surface area contributed by atoms with E-state index in [4.69, 9.17) is 0 Å². The van der Waals surface area contributed by atoms with Crippen LogP contribution < -0.4 is 4.90 Å². The van der Waals surface area contributed by atoms with Crippen molar-refractivity contribution in [1.29, 1.82) is 0 Å². The molecule has 278 valence electrons. The van der Waals surface area contributed by atoms with Crippen LogP contribution in [0.5, 0.6) is 0 Å². The number of hydrogen-bond donors (Lipinski definition) is 0. The van der Waals surface area contributed by atoms with Crippen LogP contribution in [0.3, 0.4) is 0 Å².